The molecule has 1 aliphatic heterocycles. The average Bonchev–Trinajstić information content (AvgIpc) is 2.99. The van der Waals surface area contributed by atoms with Crippen molar-refractivity contribution in [2.24, 2.45) is 10.9 Å². The zero-order valence-electron chi connectivity index (χ0n) is 10.0. The first-order valence-electron chi connectivity index (χ1n) is 6.08. The second-order valence-electron chi connectivity index (χ2n) is 4.64. The van der Waals surface area contributed by atoms with Crippen LogP contribution in [0.2, 0.25) is 10.0 Å². The van der Waals surface area contributed by atoms with Crippen LogP contribution < -0.4 is 5.32 Å². The van der Waals surface area contributed by atoms with Gasteiger partial charge in [0.2, 0.25) is 5.91 Å². The van der Waals surface area contributed by atoms with Gasteiger partial charge in [0.05, 0.1) is 6.54 Å². The molecule has 1 aromatic rings. The van der Waals surface area contributed by atoms with Crippen LogP contribution in [-0.2, 0) is 4.79 Å². The first-order valence-corrected chi connectivity index (χ1v) is 7.82. The molecule has 0 spiro atoms. The summed E-state index contributed by atoms with van der Waals surface area (Å²) in [5.74, 6) is 1.20. The van der Waals surface area contributed by atoms with Crippen LogP contribution in [0.1, 0.15) is 17.9 Å². The zero-order valence-corrected chi connectivity index (χ0v) is 12.4. The molecule has 1 N–H and O–H groups in total. The van der Waals surface area contributed by atoms with Gasteiger partial charge in [-0.25, -0.2) is 0 Å². The number of halogens is 2. The van der Waals surface area contributed by atoms with Crippen LogP contribution in [0.5, 0.6) is 0 Å². The number of nitrogens with zero attached hydrogens (tertiary/aromatic N) is 1. The largest absolute Gasteiger partial charge is 0.305 e. The van der Waals surface area contributed by atoms with Crippen LogP contribution in [0.15, 0.2) is 23.2 Å². The third-order valence-electron chi connectivity index (χ3n) is 3.30. The molecule has 0 unspecified atom stereocenters. The van der Waals surface area contributed by atoms with Crippen molar-refractivity contribution in [2.75, 3.05) is 12.3 Å². The molecule has 19 heavy (non-hydrogen) atoms. The van der Waals surface area contributed by atoms with Gasteiger partial charge in [-0.3, -0.25) is 9.79 Å². The third kappa shape index (κ3) is 2.91. The first-order chi connectivity index (χ1) is 9.15. The molecule has 100 valence electrons. The Bertz CT molecular complexity index is 562. The molecule has 3 nitrogen and oxygen atoms in total. The van der Waals surface area contributed by atoms with Gasteiger partial charge in [0.1, 0.15) is 0 Å². The van der Waals surface area contributed by atoms with Crippen molar-refractivity contribution in [1.29, 1.82) is 0 Å². The molecule has 2 aliphatic rings. The van der Waals surface area contributed by atoms with Crippen LogP contribution in [0.4, 0.5) is 0 Å². The summed E-state index contributed by atoms with van der Waals surface area (Å²) in [6.07, 6.45) is 0.838. The predicted molar refractivity (Wildman–Crippen MR) is 80.2 cm³/mol. The van der Waals surface area contributed by atoms with Crippen LogP contribution in [0.25, 0.3) is 0 Å². The highest BCUT2D eigenvalue weighted by Crippen LogP contribution is 2.50. The minimum absolute atomic E-state index is 0.00238. The van der Waals surface area contributed by atoms with Crippen LogP contribution in [0.3, 0.4) is 0 Å². The van der Waals surface area contributed by atoms with E-state index < -0.39 is 0 Å². The number of amides is 1. The highest BCUT2D eigenvalue weighted by atomic mass is 35.5. The van der Waals surface area contributed by atoms with E-state index in [2.05, 4.69) is 10.3 Å². The average molecular weight is 315 g/mol. The molecule has 0 saturated heterocycles. The first kappa shape index (κ1) is 13.3. The van der Waals surface area contributed by atoms with Gasteiger partial charge in [-0.2, -0.15) is 0 Å². The van der Waals surface area contributed by atoms with Crippen molar-refractivity contribution in [2.45, 2.75) is 12.3 Å². The lowest BCUT2D eigenvalue weighted by molar-refractivity contribution is -0.120. The normalized spacial score (nSPS) is 25.1. The van der Waals surface area contributed by atoms with Gasteiger partial charge in [-0.15, -0.1) is 0 Å². The summed E-state index contributed by atoms with van der Waals surface area (Å²) in [6.45, 7) is 0.789. The number of nitrogens with one attached hydrogen (secondary N) is 1. The molecular formula is C13H12Cl2N2OS. The summed E-state index contributed by atoms with van der Waals surface area (Å²) in [6, 6.07) is 5.44. The highest BCUT2D eigenvalue weighted by Gasteiger charge is 2.45. The number of amidine groups is 1. The van der Waals surface area contributed by atoms with Crippen molar-refractivity contribution in [3.05, 3.63) is 33.8 Å². The van der Waals surface area contributed by atoms with Gasteiger partial charge in [-0.1, -0.05) is 41.0 Å². The van der Waals surface area contributed by atoms with Crippen LogP contribution >= 0.6 is 35.0 Å². The van der Waals surface area contributed by atoms with Crippen molar-refractivity contribution < 1.29 is 4.79 Å². The van der Waals surface area contributed by atoms with Crippen molar-refractivity contribution in [3.8, 4) is 0 Å². The van der Waals surface area contributed by atoms with E-state index >= 15 is 0 Å². The standard InChI is InChI=1S/C13H12Cl2N2OS/c14-7-1-2-8(11(15)5-7)9-6-10(9)12(18)17-13-16-3-4-19-13/h1-2,5,9-10H,3-4,6H2,(H,16,17,18)/t9-,10+/m1/s1. The molecule has 1 heterocycles. The molecule has 0 aromatic heterocycles. The van der Waals surface area contributed by atoms with Crippen molar-refractivity contribution >= 4 is 46.0 Å². The van der Waals surface area contributed by atoms with Gasteiger partial charge in [-0.05, 0) is 30.0 Å². The van der Waals surface area contributed by atoms with E-state index in [-0.39, 0.29) is 17.7 Å². The lowest BCUT2D eigenvalue weighted by Gasteiger charge is -2.05. The van der Waals surface area contributed by atoms with Gasteiger partial charge in [0.25, 0.3) is 0 Å². The molecule has 1 aliphatic carbocycles. The highest BCUT2D eigenvalue weighted by molar-refractivity contribution is 8.14. The number of benzene rings is 1. The topological polar surface area (TPSA) is 41.5 Å². The van der Waals surface area contributed by atoms with Gasteiger partial charge in [0, 0.05) is 21.7 Å². The Labute approximate surface area is 125 Å². The maximum Gasteiger partial charge on any atom is 0.229 e. The summed E-state index contributed by atoms with van der Waals surface area (Å²) in [4.78, 5) is 16.3. The van der Waals surface area contributed by atoms with E-state index in [1.165, 1.54) is 0 Å². The third-order valence-corrected chi connectivity index (χ3v) is 4.76. The SMILES string of the molecule is O=C(NC1=NCCS1)[C@H]1C[C@@H]1c1ccc(Cl)cc1Cl. The lowest BCUT2D eigenvalue weighted by Crippen LogP contribution is -2.29. The van der Waals surface area contributed by atoms with Crippen molar-refractivity contribution in [3.63, 3.8) is 0 Å². The number of hydrogen-bond acceptors (Lipinski definition) is 3. The molecule has 2 atom stereocenters. The van der Waals surface area contributed by atoms with E-state index in [1.54, 1.807) is 17.8 Å². The molecule has 0 radical (unpaired) electrons. The Kier molecular flexibility index (Phi) is 3.74. The second kappa shape index (κ2) is 5.35. The minimum Gasteiger partial charge on any atom is -0.305 e. The number of carbonyl (C=O) groups excluding carboxylic acids is 1. The summed E-state index contributed by atoms with van der Waals surface area (Å²) in [5.41, 5.74) is 1.01. The molecule has 0 bridgehead atoms. The van der Waals surface area contributed by atoms with E-state index in [1.807, 2.05) is 12.1 Å². The molecular weight excluding hydrogens is 303 g/mol. The predicted octanol–water partition coefficient (Wildman–Crippen LogP) is 3.32. The summed E-state index contributed by atoms with van der Waals surface area (Å²) in [7, 11) is 0. The fourth-order valence-electron chi connectivity index (χ4n) is 2.24. The van der Waals surface area contributed by atoms with Gasteiger partial charge >= 0.3 is 0 Å². The Hall–Kier alpha value is -0.710. The number of thioether (sulfide) groups is 1. The smallest absolute Gasteiger partial charge is 0.229 e. The Balaban J connectivity index is 1.65. The number of carbonyl (C=O) groups is 1. The zero-order chi connectivity index (χ0) is 13.4. The number of aliphatic imine (C=N–C) groups is 1. The monoisotopic (exact) mass is 314 g/mol. The summed E-state index contributed by atoms with van der Waals surface area (Å²) >= 11 is 13.6. The lowest BCUT2D eigenvalue weighted by atomic mass is 10.1. The maximum atomic E-state index is 12.0. The molecule has 1 fully saturated rings. The quantitative estimate of drug-likeness (QED) is 0.909. The molecule has 6 heteroatoms. The summed E-state index contributed by atoms with van der Waals surface area (Å²) < 4.78 is 0. The Morgan fingerprint density at radius 1 is 1.42 bits per heavy atom. The summed E-state index contributed by atoms with van der Waals surface area (Å²) in [5, 5.41) is 4.88. The Morgan fingerprint density at radius 2 is 2.26 bits per heavy atom. The van der Waals surface area contributed by atoms with E-state index in [0.29, 0.717) is 10.0 Å². The minimum atomic E-state index is 0.00238. The van der Waals surface area contributed by atoms with Gasteiger partial charge in [0.15, 0.2) is 5.17 Å². The molecule has 3 rings (SSSR count). The molecule has 1 aromatic carbocycles. The van der Waals surface area contributed by atoms with E-state index in [0.717, 1.165) is 29.4 Å². The fraction of sp³-hybridized carbons (Fsp3) is 0.385. The number of rotatable bonds is 2. The van der Waals surface area contributed by atoms with E-state index in [4.69, 9.17) is 23.2 Å². The Morgan fingerprint density at radius 3 is 2.95 bits per heavy atom. The molecule has 1 saturated carbocycles. The number of hydrogen-bond donors (Lipinski definition) is 1. The maximum absolute atomic E-state index is 12.0. The fourth-order valence-corrected chi connectivity index (χ4v) is 3.52. The van der Waals surface area contributed by atoms with Gasteiger partial charge < -0.3 is 5.32 Å². The van der Waals surface area contributed by atoms with Crippen molar-refractivity contribution in [1.82, 2.24) is 5.32 Å². The van der Waals surface area contributed by atoms with Crippen LogP contribution in [-0.4, -0.2) is 23.4 Å². The molecule has 1 amide bonds. The second-order valence-corrected chi connectivity index (χ2v) is 6.57. The van der Waals surface area contributed by atoms with Crippen LogP contribution in [0, 0.1) is 5.92 Å². The van der Waals surface area contributed by atoms with E-state index in [9.17, 15) is 4.79 Å².